The Labute approximate surface area is 113 Å². The lowest BCUT2D eigenvalue weighted by atomic mass is 9.93. The Bertz CT molecular complexity index is 535. The zero-order valence-electron chi connectivity index (χ0n) is 11.2. The van der Waals surface area contributed by atoms with E-state index in [0.29, 0.717) is 0 Å². The molecule has 3 nitrogen and oxygen atoms in total. The van der Waals surface area contributed by atoms with Crippen LogP contribution in [0.4, 0.5) is 0 Å². The second-order valence-electron chi connectivity index (χ2n) is 5.01. The summed E-state index contributed by atoms with van der Waals surface area (Å²) in [5, 5.41) is 10.4. The van der Waals surface area contributed by atoms with Gasteiger partial charge in [-0.1, -0.05) is 36.4 Å². The van der Waals surface area contributed by atoms with Crippen molar-refractivity contribution >= 4 is 6.21 Å². The van der Waals surface area contributed by atoms with Crippen LogP contribution in [0.15, 0.2) is 59.9 Å². The fourth-order valence-electron chi connectivity index (χ4n) is 1.80. The minimum absolute atomic E-state index is 0.598. The molecule has 2 aromatic rings. The van der Waals surface area contributed by atoms with Crippen molar-refractivity contribution in [2.75, 3.05) is 0 Å². The molecular formula is C16H18N2O. The molecule has 0 bridgehead atoms. The van der Waals surface area contributed by atoms with E-state index in [1.54, 1.807) is 18.6 Å². The number of nitrogens with zero attached hydrogens (tertiary/aromatic N) is 2. The zero-order valence-corrected chi connectivity index (χ0v) is 11.2. The molecule has 0 saturated carbocycles. The molecule has 0 amide bonds. The lowest BCUT2D eigenvalue weighted by Crippen LogP contribution is -2.27. The normalized spacial score (nSPS) is 13.6. The van der Waals surface area contributed by atoms with Gasteiger partial charge in [0.05, 0.1) is 5.54 Å². The first-order valence-electron chi connectivity index (χ1n) is 6.28. The third kappa shape index (κ3) is 3.48. The Balaban J connectivity index is 2.16. The summed E-state index contributed by atoms with van der Waals surface area (Å²) in [6.07, 6.45) is 4.47. The average molecular weight is 254 g/mol. The number of aliphatic hydroxyl groups is 1. The van der Waals surface area contributed by atoms with E-state index < -0.39 is 11.6 Å². The number of hydrogen-bond acceptors (Lipinski definition) is 3. The van der Waals surface area contributed by atoms with Crippen LogP contribution in [0.25, 0.3) is 0 Å². The molecule has 3 heteroatoms. The van der Waals surface area contributed by atoms with E-state index in [4.69, 9.17) is 0 Å². The van der Waals surface area contributed by atoms with E-state index in [-0.39, 0.29) is 0 Å². The van der Waals surface area contributed by atoms with E-state index in [0.717, 1.165) is 11.1 Å². The molecular weight excluding hydrogens is 236 g/mol. The molecule has 0 radical (unpaired) electrons. The molecule has 1 aromatic carbocycles. The van der Waals surface area contributed by atoms with Crippen molar-refractivity contribution in [1.29, 1.82) is 0 Å². The third-order valence-electron chi connectivity index (χ3n) is 3.02. The highest BCUT2D eigenvalue weighted by Crippen LogP contribution is 2.28. The van der Waals surface area contributed by atoms with Crippen LogP contribution in [-0.2, 0) is 0 Å². The van der Waals surface area contributed by atoms with Gasteiger partial charge < -0.3 is 5.11 Å². The van der Waals surface area contributed by atoms with Gasteiger partial charge in [-0.25, -0.2) is 0 Å². The summed E-state index contributed by atoms with van der Waals surface area (Å²) in [6, 6.07) is 13.5. The Morgan fingerprint density at radius 3 is 2.53 bits per heavy atom. The van der Waals surface area contributed by atoms with E-state index in [1.807, 2.05) is 56.3 Å². The summed E-state index contributed by atoms with van der Waals surface area (Å²) < 4.78 is 0. The first-order valence-corrected chi connectivity index (χ1v) is 6.28. The maximum absolute atomic E-state index is 10.4. The molecule has 2 rings (SSSR count). The predicted molar refractivity (Wildman–Crippen MR) is 77.3 cm³/mol. The SMILES string of the molecule is CC(C)(N=Cc1ccccc1)C(O)c1cccnc1. The van der Waals surface area contributed by atoms with Crippen molar-refractivity contribution in [1.82, 2.24) is 4.98 Å². The number of benzene rings is 1. The summed E-state index contributed by atoms with van der Waals surface area (Å²) in [6.45, 7) is 3.81. The summed E-state index contributed by atoms with van der Waals surface area (Å²) >= 11 is 0. The lowest BCUT2D eigenvalue weighted by Gasteiger charge is -2.26. The minimum Gasteiger partial charge on any atom is -0.386 e. The van der Waals surface area contributed by atoms with Crippen LogP contribution in [0.1, 0.15) is 31.1 Å². The number of aromatic nitrogens is 1. The zero-order chi connectivity index (χ0) is 13.7. The fourth-order valence-corrected chi connectivity index (χ4v) is 1.80. The Hall–Kier alpha value is -2.00. The van der Waals surface area contributed by atoms with Gasteiger partial charge in [0.1, 0.15) is 6.10 Å². The first kappa shape index (κ1) is 13.4. The van der Waals surface area contributed by atoms with Crippen molar-refractivity contribution in [3.05, 3.63) is 66.0 Å². The molecule has 1 heterocycles. The highest BCUT2D eigenvalue weighted by Gasteiger charge is 2.27. The topological polar surface area (TPSA) is 45.5 Å². The minimum atomic E-state index is -0.679. The Kier molecular flexibility index (Phi) is 4.07. The monoisotopic (exact) mass is 254 g/mol. The number of aliphatic hydroxyl groups excluding tert-OH is 1. The van der Waals surface area contributed by atoms with Gasteiger partial charge in [0, 0.05) is 24.2 Å². The van der Waals surface area contributed by atoms with Gasteiger partial charge in [-0.05, 0) is 25.5 Å². The van der Waals surface area contributed by atoms with Gasteiger partial charge in [0.2, 0.25) is 0 Å². The van der Waals surface area contributed by atoms with Crippen molar-refractivity contribution in [2.45, 2.75) is 25.5 Å². The van der Waals surface area contributed by atoms with Crippen molar-refractivity contribution < 1.29 is 5.11 Å². The third-order valence-corrected chi connectivity index (χ3v) is 3.02. The Morgan fingerprint density at radius 1 is 1.16 bits per heavy atom. The van der Waals surface area contributed by atoms with Crippen LogP contribution in [0.3, 0.4) is 0 Å². The highest BCUT2D eigenvalue weighted by atomic mass is 16.3. The summed E-state index contributed by atoms with van der Waals surface area (Å²) in [5.74, 6) is 0. The Morgan fingerprint density at radius 2 is 1.89 bits per heavy atom. The van der Waals surface area contributed by atoms with E-state index in [2.05, 4.69) is 9.98 Å². The van der Waals surface area contributed by atoms with E-state index in [9.17, 15) is 5.11 Å². The van der Waals surface area contributed by atoms with Crippen LogP contribution >= 0.6 is 0 Å². The first-order chi connectivity index (χ1) is 9.09. The molecule has 0 aliphatic rings. The molecule has 98 valence electrons. The smallest absolute Gasteiger partial charge is 0.105 e. The number of pyridine rings is 1. The van der Waals surface area contributed by atoms with Crippen molar-refractivity contribution in [2.24, 2.45) is 4.99 Å². The molecule has 1 unspecified atom stereocenters. The summed E-state index contributed by atoms with van der Waals surface area (Å²) in [5.41, 5.74) is 1.20. The maximum Gasteiger partial charge on any atom is 0.105 e. The molecule has 0 aliphatic heterocycles. The largest absolute Gasteiger partial charge is 0.386 e. The van der Waals surface area contributed by atoms with Crippen LogP contribution < -0.4 is 0 Å². The van der Waals surface area contributed by atoms with Crippen molar-refractivity contribution in [3.8, 4) is 0 Å². The van der Waals surface area contributed by atoms with Crippen molar-refractivity contribution in [3.63, 3.8) is 0 Å². The number of rotatable bonds is 4. The molecule has 0 spiro atoms. The van der Waals surface area contributed by atoms with Crippen LogP contribution in [0.5, 0.6) is 0 Å². The van der Waals surface area contributed by atoms with Gasteiger partial charge in [0.25, 0.3) is 0 Å². The van der Waals surface area contributed by atoms with Crippen LogP contribution in [-0.4, -0.2) is 21.8 Å². The predicted octanol–water partition coefficient (Wildman–Crippen LogP) is 3.01. The quantitative estimate of drug-likeness (QED) is 0.852. The second kappa shape index (κ2) is 5.76. The molecule has 19 heavy (non-hydrogen) atoms. The van der Waals surface area contributed by atoms with Gasteiger partial charge in [-0.3, -0.25) is 9.98 Å². The maximum atomic E-state index is 10.4. The molecule has 1 aromatic heterocycles. The molecule has 1 N–H and O–H groups in total. The van der Waals surface area contributed by atoms with Crippen LogP contribution in [0.2, 0.25) is 0 Å². The number of aliphatic imine (C=N–C) groups is 1. The second-order valence-corrected chi connectivity index (χ2v) is 5.01. The molecule has 1 atom stereocenters. The number of hydrogen-bond donors (Lipinski definition) is 1. The molecule has 0 fully saturated rings. The lowest BCUT2D eigenvalue weighted by molar-refractivity contribution is 0.106. The van der Waals surface area contributed by atoms with Crippen LogP contribution in [0, 0.1) is 0 Å². The van der Waals surface area contributed by atoms with Gasteiger partial charge in [-0.2, -0.15) is 0 Å². The van der Waals surface area contributed by atoms with Gasteiger partial charge in [-0.15, -0.1) is 0 Å². The average Bonchev–Trinajstić information content (AvgIpc) is 2.46. The summed E-state index contributed by atoms with van der Waals surface area (Å²) in [7, 11) is 0. The van der Waals surface area contributed by atoms with E-state index >= 15 is 0 Å². The highest BCUT2D eigenvalue weighted by molar-refractivity contribution is 5.79. The molecule has 0 saturated heterocycles. The molecule has 0 aliphatic carbocycles. The van der Waals surface area contributed by atoms with Gasteiger partial charge >= 0.3 is 0 Å². The van der Waals surface area contributed by atoms with Gasteiger partial charge in [0.15, 0.2) is 0 Å². The fraction of sp³-hybridized carbons (Fsp3) is 0.250. The summed E-state index contributed by atoms with van der Waals surface area (Å²) in [4.78, 5) is 8.53. The van der Waals surface area contributed by atoms with E-state index in [1.165, 1.54) is 0 Å². The standard InChI is InChI=1S/C16H18N2O/c1-16(2,15(19)14-9-6-10-17-12-14)18-11-13-7-4-3-5-8-13/h3-12,15,19H,1-2H3.